The summed E-state index contributed by atoms with van der Waals surface area (Å²) in [5, 5.41) is 4.33. The van der Waals surface area contributed by atoms with Crippen LogP contribution in [0.15, 0.2) is 0 Å². The van der Waals surface area contributed by atoms with Gasteiger partial charge in [-0.3, -0.25) is 24.1 Å². The molecule has 0 aromatic heterocycles. The van der Waals surface area contributed by atoms with Crippen LogP contribution in [0, 0.1) is 0 Å². The van der Waals surface area contributed by atoms with Crippen molar-refractivity contribution in [1.82, 2.24) is 15.5 Å². The number of amides is 4. The Morgan fingerprint density at radius 2 is 1.72 bits per heavy atom. The minimum Gasteiger partial charge on any atom is -0.377 e. The molecule has 1 heterocycles. The van der Waals surface area contributed by atoms with Crippen LogP contribution in [0.3, 0.4) is 0 Å². The lowest BCUT2D eigenvalue weighted by atomic mass is 10.3. The molecule has 4 amide bonds. The van der Waals surface area contributed by atoms with Crippen LogP contribution in [-0.4, -0.2) is 93.6 Å². The first-order valence-electron chi connectivity index (χ1n) is 9.29. The van der Waals surface area contributed by atoms with Crippen molar-refractivity contribution >= 4 is 35.8 Å². The number of carbonyl (C=O) groups is 4. The fourth-order valence-electron chi connectivity index (χ4n) is 2.47. The Kier molecular flexibility index (Phi) is 13.2. The first-order chi connectivity index (χ1) is 14.0. The molecule has 2 N–H and O–H groups in total. The Morgan fingerprint density at radius 1 is 1.10 bits per heavy atom. The molecule has 0 saturated carbocycles. The predicted octanol–water partition coefficient (Wildman–Crippen LogP) is -0.576. The topological polar surface area (TPSA) is 123 Å². The van der Waals surface area contributed by atoms with E-state index in [9.17, 15) is 23.1 Å². The van der Waals surface area contributed by atoms with Crippen LogP contribution in [0.4, 0.5) is 3.89 Å². The van der Waals surface area contributed by atoms with Gasteiger partial charge in [0.25, 0.3) is 0 Å². The zero-order chi connectivity index (χ0) is 21.5. The molecule has 1 aliphatic heterocycles. The van der Waals surface area contributed by atoms with Crippen LogP contribution in [-0.2, 0) is 33.4 Å². The SMILES string of the molecule is COCC(=O)NCCOCCOCCNC(=O)CCCN1C(=O)CC(SF)C1=O. The Labute approximate surface area is 173 Å². The zero-order valence-corrected chi connectivity index (χ0v) is 17.3. The number of nitrogens with one attached hydrogen (secondary N) is 2. The monoisotopic (exact) mass is 437 g/mol. The summed E-state index contributed by atoms with van der Waals surface area (Å²) in [4.78, 5) is 47.2. The molecule has 10 nitrogen and oxygen atoms in total. The largest absolute Gasteiger partial charge is 0.377 e. The van der Waals surface area contributed by atoms with E-state index in [1.807, 2.05) is 0 Å². The van der Waals surface area contributed by atoms with E-state index in [1.54, 1.807) is 0 Å². The van der Waals surface area contributed by atoms with Gasteiger partial charge in [-0.2, -0.15) is 3.89 Å². The number of nitrogens with zero attached hydrogens (tertiary/aromatic N) is 1. The average molecular weight is 437 g/mol. The molecule has 0 bridgehead atoms. The first-order valence-corrected chi connectivity index (χ1v) is 10.1. The van der Waals surface area contributed by atoms with Gasteiger partial charge in [0.15, 0.2) is 0 Å². The van der Waals surface area contributed by atoms with Gasteiger partial charge in [-0.05, 0) is 6.42 Å². The minimum absolute atomic E-state index is 0.0160. The summed E-state index contributed by atoms with van der Waals surface area (Å²) in [6.45, 7) is 2.25. The fraction of sp³-hybridized carbons (Fsp3) is 0.765. The number of halogens is 1. The van der Waals surface area contributed by atoms with Crippen molar-refractivity contribution in [3.05, 3.63) is 0 Å². The summed E-state index contributed by atoms with van der Waals surface area (Å²) in [6, 6.07) is 0. The molecule has 1 unspecified atom stereocenters. The smallest absolute Gasteiger partial charge is 0.246 e. The molecular weight excluding hydrogens is 409 g/mol. The van der Waals surface area contributed by atoms with Crippen molar-refractivity contribution in [2.45, 2.75) is 24.5 Å². The number of rotatable bonds is 16. The van der Waals surface area contributed by atoms with Gasteiger partial charge in [0.1, 0.15) is 11.9 Å². The third kappa shape index (κ3) is 10.5. The van der Waals surface area contributed by atoms with Gasteiger partial charge in [-0.15, -0.1) is 0 Å². The highest BCUT2D eigenvalue weighted by Gasteiger charge is 2.39. The van der Waals surface area contributed by atoms with Crippen LogP contribution < -0.4 is 10.6 Å². The molecule has 1 fully saturated rings. The summed E-state index contributed by atoms with van der Waals surface area (Å²) in [7, 11) is 1.44. The first kappa shape index (κ1) is 25.3. The van der Waals surface area contributed by atoms with E-state index in [4.69, 9.17) is 9.47 Å². The molecule has 1 saturated heterocycles. The quantitative estimate of drug-likeness (QED) is 0.243. The molecule has 0 spiro atoms. The maximum absolute atomic E-state index is 12.5. The number of ether oxygens (including phenoxy) is 3. The van der Waals surface area contributed by atoms with Gasteiger partial charge in [0.05, 0.1) is 45.0 Å². The Hall–Kier alpha value is -1.76. The van der Waals surface area contributed by atoms with Crippen LogP contribution in [0.1, 0.15) is 19.3 Å². The average Bonchev–Trinajstić information content (AvgIpc) is 2.97. The van der Waals surface area contributed by atoms with Crippen molar-refractivity contribution in [3.63, 3.8) is 0 Å². The lowest BCUT2D eigenvalue weighted by Crippen LogP contribution is -2.33. The van der Waals surface area contributed by atoms with Crippen molar-refractivity contribution in [2.75, 3.05) is 59.8 Å². The van der Waals surface area contributed by atoms with Crippen LogP contribution in [0.5, 0.6) is 0 Å². The molecule has 0 aromatic rings. The van der Waals surface area contributed by atoms with E-state index in [1.165, 1.54) is 7.11 Å². The molecule has 1 rings (SSSR count). The van der Waals surface area contributed by atoms with Gasteiger partial charge in [0.2, 0.25) is 23.6 Å². The number of methoxy groups -OCH3 is 1. The number of hydrogen-bond donors (Lipinski definition) is 2. The number of imide groups is 1. The maximum atomic E-state index is 12.5. The van der Waals surface area contributed by atoms with E-state index in [0.29, 0.717) is 45.9 Å². The predicted molar refractivity (Wildman–Crippen MR) is 103 cm³/mol. The van der Waals surface area contributed by atoms with E-state index in [0.717, 1.165) is 4.90 Å². The fourth-order valence-corrected chi connectivity index (χ4v) is 2.88. The summed E-state index contributed by atoms with van der Waals surface area (Å²) in [6.07, 6.45) is 0.348. The van der Waals surface area contributed by atoms with Crippen molar-refractivity contribution in [1.29, 1.82) is 0 Å². The second-order valence-corrected chi connectivity index (χ2v) is 6.87. The van der Waals surface area contributed by atoms with Crippen molar-refractivity contribution < 1.29 is 37.3 Å². The third-order valence-corrected chi connectivity index (χ3v) is 4.46. The van der Waals surface area contributed by atoms with Crippen LogP contribution in [0.2, 0.25) is 0 Å². The molecule has 0 radical (unpaired) electrons. The maximum Gasteiger partial charge on any atom is 0.246 e. The van der Waals surface area contributed by atoms with Gasteiger partial charge in [-0.1, -0.05) is 0 Å². The number of carbonyl (C=O) groups excluding carboxylic acids is 4. The van der Waals surface area contributed by atoms with Gasteiger partial charge in [0, 0.05) is 33.2 Å². The highest BCUT2D eigenvalue weighted by molar-refractivity contribution is 7.95. The summed E-state index contributed by atoms with van der Waals surface area (Å²) < 4.78 is 27.8. The van der Waals surface area contributed by atoms with Gasteiger partial charge >= 0.3 is 0 Å². The third-order valence-electron chi connectivity index (χ3n) is 3.88. The molecule has 1 aliphatic rings. The van der Waals surface area contributed by atoms with E-state index in [2.05, 4.69) is 15.4 Å². The van der Waals surface area contributed by atoms with E-state index >= 15 is 0 Å². The Morgan fingerprint density at radius 3 is 2.28 bits per heavy atom. The van der Waals surface area contributed by atoms with E-state index < -0.39 is 17.1 Å². The molecule has 12 heteroatoms. The summed E-state index contributed by atoms with van der Waals surface area (Å²) in [5.41, 5.74) is 0. The van der Waals surface area contributed by atoms with Crippen molar-refractivity contribution in [3.8, 4) is 0 Å². The highest BCUT2D eigenvalue weighted by atomic mass is 32.2. The number of likely N-dealkylation sites (tertiary alicyclic amines) is 1. The molecule has 166 valence electrons. The van der Waals surface area contributed by atoms with Gasteiger partial charge in [-0.25, -0.2) is 0 Å². The molecule has 1 atom stereocenters. The summed E-state index contributed by atoms with van der Waals surface area (Å²) in [5.74, 6) is -1.36. The number of hydrogen-bond acceptors (Lipinski definition) is 8. The molecular formula is C17H28FN3O7S. The Balaban J connectivity index is 1.93. The Bertz CT molecular complexity index is 553. The van der Waals surface area contributed by atoms with Crippen LogP contribution >= 0.6 is 12.1 Å². The van der Waals surface area contributed by atoms with E-state index in [-0.39, 0.29) is 50.0 Å². The van der Waals surface area contributed by atoms with Crippen molar-refractivity contribution in [2.24, 2.45) is 0 Å². The zero-order valence-electron chi connectivity index (χ0n) is 16.4. The summed E-state index contributed by atoms with van der Waals surface area (Å²) >= 11 is -0.122. The van der Waals surface area contributed by atoms with Crippen LogP contribution in [0.25, 0.3) is 0 Å². The molecule has 29 heavy (non-hydrogen) atoms. The normalized spacial score (nSPS) is 16.3. The highest BCUT2D eigenvalue weighted by Crippen LogP contribution is 2.25. The molecule has 0 aromatic carbocycles. The lowest BCUT2D eigenvalue weighted by Gasteiger charge is -2.13. The standard InChI is InChI=1S/C17H28FN3O7S/c1-26-12-15(23)20-5-8-28-10-9-27-7-4-19-14(22)3-2-6-21-16(24)11-13(29-18)17(21)25/h13H,2-12H2,1H3,(H,19,22)(H,20,23). The lowest BCUT2D eigenvalue weighted by molar-refractivity contribution is -0.138. The second-order valence-electron chi connectivity index (χ2n) is 6.13. The second kappa shape index (κ2) is 15.1. The molecule has 0 aliphatic carbocycles. The van der Waals surface area contributed by atoms with Gasteiger partial charge < -0.3 is 24.8 Å². The minimum atomic E-state index is -0.952.